The van der Waals surface area contributed by atoms with Crippen LogP contribution in [-0.2, 0) is 0 Å². The molecule has 1 heterocycles. The molecule has 90 valence electrons. The Balaban J connectivity index is 2.37. The quantitative estimate of drug-likeness (QED) is 0.634. The highest BCUT2D eigenvalue weighted by Crippen LogP contribution is 2.28. The van der Waals surface area contributed by atoms with Crippen molar-refractivity contribution in [3.63, 3.8) is 0 Å². The third-order valence-corrected chi connectivity index (χ3v) is 2.87. The number of carbonyl (C=O) groups excluding carboxylic acids is 1. The van der Waals surface area contributed by atoms with E-state index in [1.807, 2.05) is 0 Å². The minimum absolute atomic E-state index is 0.0468. The van der Waals surface area contributed by atoms with Crippen LogP contribution in [-0.4, -0.2) is 40.0 Å². The second kappa shape index (κ2) is 4.31. The summed E-state index contributed by atoms with van der Waals surface area (Å²) < 4.78 is 0. The number of amides is 1. The lowest BCUT2D eigenvalue weighted by molar-refractivity contribution is -0.385. The molecule has 1 aliphatic rings. The zero-order chi connectivity index (χ0) is 12.6. The van der Waals surface area contributed by atoms with Gasteiger partial charge in [0.1, 0.15) is 5.56 Å². The highest BCUT2D eigenvalue weighted by Gasteiger charge is 2.34. The summed E-state index contributed by atoms with van der Waals surface area (Å²) in [5, 5.41) is 19.9. The van der Waals surface area contributed by atoms with Gasteiger partial charge >= 0.3 is 0 Å². The molecule has 0 aromatic heterocycles. The van der Waals surface area contributed by atoms with E-state index < -0.39 is 16.9 Å². The average molecular weight is 257 g/mol. The summed E-state index contributed by atoms with van der Waals surface area (Å²) in [5.74, 6) is -0.521. The number of likely N-dealkylation sites (tertiary alicyclic amines) is 1. The second-order valence-electron chi connectivity index (χ2n) is 3.76. The number of rotatable bonds is 2. The molecular weight excluding hydrogens is 248 g/mol. The predicted molar refractivity (Wildman–Crippen MR) is 60.0 cm³/mol. The Morgan fingerprint density at radius 2 is 2.18 bits per heavy atom. The van der Waals surface area contributed by atoms with Crippen LogP contribution in [0.1, 0.15) is 10.4 Å². The van der Waals surface area contributed by atoms with Crippen LogP contribution in [0.5, 0.6) is 0 Å². The Morgan fingerprint density at radius 3 is 2.71 bits per heavy atom. The minimum atomic E-state index is -0.644. The molecule has 7 heteroatoms. The molecule has 1 amide bonds. The van der Waals surface area contributed by atoms with E-state index in [0.717, 1.165) is 0 Å². The van der Waals surface area contributed by atoms with Gasteiger partial charge in [-0.3, -0.25) is 14.9 Å². The van der Waals surface area contributed by atoms with Gasteiger partial charge in [0.25, 0.3) is 11.6 Å². The zero-order valence-electron chi connectivity index (χ0n) is 8.67. The van der Waals surface area contributed by atoms with E-state index in [4.69, 9.17) is 16.7 Å². The Morgan fingerprint density at radius 1 is 1.53 bits per heavy atom. The van der Waals surface area contributed by atoms with E-state index in [1.165, 1.54) is 23.1 Å². The number of aliphatic hydroxyl groups excluding tert-OH is 1. The standard InChI is InChI=1S/C10H9ClN2O4/c11-7-2-1-3-8(13(16)17)9(7)10(15)12-4-6(14)5-12/h1-3,6,14H,4-5H2. The van der Waals surface area contributed by atoms with Crippen molar-refractivity contribution in [2.45, 2.75) is 6.10 Å². The molecule has 1 N–H and O–H groups in total. The summed E-state index contributed by atoms with van der Waals surface area (Å²) in [6.07, 6.45) is -0.555. The first kappa shape index (κ1) is 11.8. The van der Waals surface area contributed by atoms with Crippen molar-refractivity contribution in [1.29, 1.82) is 0 Å². The van der Waals surface area contributed by atoms with Crippen molar-refractivity contribution in [3.05, 3.63) is 38.9 Å². The number of nitro groups is 1. The van der Waals surface area contributed by atoms with Gasteiger partial charge in [0.15, 0.2) is 0 Å². The van der Waals surface area contributed by atoms with Crippen LogP contribution in [0.15, 0.2) is 18.2 Å². The van der Waals surface area contributed by atoms with Gasteiger partial charge in [-0.05, 0) is 6.07 Å². The molecule has 0 unspecified atom stereocenters. The smallest absolute Gasteiger partial charge is 0.283 e. The SMILES string of the molecule is O=C(c1c(Cl)cccc1[N+](=O)[O-])N1CC(O)C1. The summed E-state index contributed by atoms with van der Waals surface area (Å²) in [5.41, 5.74) is -0.435. The molecule has 1 saturated heterocycles. The van der Waals surface area contributed by atoms with Gasteiger partial charge in [-0.25, -0.2) is 0 Å². The lowest BCUT2D eigenvalue weighted by atomic mass is 10.1. The molecule has 0 atom stereocenters. The van der Waals surface area contributed by atoms with E-state index in [1.54, 1.807) is 0 Å². The molecule has 1 aromatic carbocycles. The monoisotopic (exact) mass is 256 g/mol. The van der Waals surface area contributed by atoms with Crippen molar-refractivity contribution >= 4 is 23.2 Å². The number of β-amino-alcohol motifs (C(OH)–C–C–N with tert-alkyl or cyclic N) is 1. The van der Waals surface area contributed by atoms with Crippen LogP contribution >= 0.6 is 11.6 Å². The Kier molecular flexibility index (Phi) is 2.99. The largest absolute Gasteiger partial charge is 0.389 e. The van der Waals surface area contributed by atoms with Gasteiger partial charge in [0, 0.05) is 19.2 Å². The highest BCUT2D eigenvalue weighted by molar-refractivity contribution is 6.34. The van der Waals surface area contributed by atoms with Crippen LogP contribution < -0.4 is 0 Å². The molecular formula is C10H9ClN2O4. The third-order valence-electron chi connectivity index (χ3n) is 2.55. The van der Waals surface area contributed by atoms with Gasteiger partial charge < -0.3 is 10.0 Å². The summed E-state index contributed by atoms with van der Waals surface area (Å²) in [6, 6.07) is 4.08. The number of hydrogen-bond donors (Lipinski definition) is 1. The summed E-state index contributed by atoms with van der Waals surface area (Å²) >= 11 is 5.82. The van der Waals surface area contributed by atoms with Crippen molar-refractivity contribution < 1.29 is 14.8 Å². The number of nitrogens with zero attached hydrogens (tertiary/aromatic N) is 2. The normalized spacial score (nSPS) is 15.5. The molecule has 2 rings (SSSR count). The fourth-order valence-corrected chi connectivity index (χ4v) is 1.91. The van der Waals surface area contributed by atoms with E-state index in [-0.39, 0.29) is 29.4 Å². The van der Waals surface area contributed by atoms with E-state index in [9.17, 15) is 14.9 Å². The first-order chi connectivity index (χ1) is 8.00. The van der Waals surface area contributed by atoms with Crippen LogP contribution in [0, 0.1) is 10.1 Å². The maximum Gasteiger partial charge on any atom is 0.283 e. The molecule has 17 heavy (non-hydrogen) atoms. The fraction of sp³-hybridized carbons (Fsp3) is 0.300. The molecule has 0 bridgehead atoms. The molecule has 1 aliphatic heterocycles. The molecule has 0 radical (unpaired) electrons. The Hall–Kier alpha value is -1.66. The number of halogens is 1. The maximum absolute atomic E-state index is 11.9. The molecule has 0 saturated carbocycles. The van der Waals surface area contributed by atoms with E-state index in [2.05, 4.69) is 0 Å². The summed E-state index contributed by atoms with van der Waals surface area (Å²) in [6.45, 7) is 0.364. The van der Waals surface area contributed by atoms with Crippen LogP contribution in [0.3, 0.4) is 0 Å². The molecule has 0 aliphatic carbocycles. The van der Waals surface area contributed by atoms with Gasteiger partial charge in [-0.2, -0.15) is 0 Å². The maximum atomic E-state index is 11.9. The van der Waals surface area contributed by atoms with Crippen molar-refractivity contribution in [2.24, 2.45) is 0 Å². The van der Waals surface area contributed by atoms with Crippen molar-refractivity contribution in [1.82, 2.24) is 4.90 Å². The first-order valence-electron chi connectivity index (χ1n) is 4.91. The van der Waals surface area contributed by atoms with Crippen LogP contribution in [0.2, 0.25) is 5.02 Å². The fourth-order valence-electron chi connectivity index (χ4n) is 1.66. The topological polar surface area (TPSA) is 83.7 Å². The summed E-state index contributed by atoms with van der Waals surface area (Å²) in [4.78, 5) is 23.4. The van der Waals surface area contributed by atoms with Crippen molar-refractivity contribution in [2.75, 3.05) is 13.1 Å². The Labute approximate surface area is 102 Å². The minimum Gasteiger partial charge on any atom is -0.389 e. The first-order valence-corrected chi connectivity index (χ1v) is 5.28. The van der Waals surface area contributed by atoms with Crippen molar-refractivity contribution in [3.8, 4) is 0 Å². The third kappa shape index (κ3) is 2.09. The number of aliphatic hydroxyl groups is 1. The second-order valence-corrected chi connectivity index (χ2v) is 4.16. The van der Waals surface area contributed by atoms with Gasteiger partial charge in [0.2, 0.25) is 0 Å². The lowest BCUT2D eigenvalue weighted by Gasteiger charge is -2.35. The van der Waals surface area contributed by atoms with Crippen LogP contribution in [0.25, 0.3) is 0 Å². The molecule has 1 fully saturated rings. The molecule has 6 nitrogen and oxygen atoms in total. The number of benzene rings is 1. The van der Waals surface area contributed by atoms with Gasteiger partial charge in [-0.1, -0.05) is 17.7 Å². The van der Waals surface area contributed by atoms with Gasteiger partial charge in [-0.15, -0.1) is 0 Å². The Bertz CT molecular complexity index is 485. The predicted octanol–water partition coefficient (Wildman–Crippen LogP) is 1.06. The van der Waals surface area contributed by atoms with Gasteiger partial charge in [0.05, 0.1) is 16.0 Å². The number of nitro benzene ring substituents is 1. The molecule has 1 aromatic rings. The lowest BCUT2D eigenvalue weighted by Crippen LogP contribution is -2.53. The van der Waals surface area contributed by atoms with E-state index in [0.29, 0.717) is 0 Å². The van der Waals surface area contributed by atoms with E-state index >= 15 is 0 Å². The van der Waals surface area contributed by atoms with Crippen LogP contribution in [0.4, 0.5) is 5.69 Å². The average Bonchev–Trinajstić information content (AvgIpc) is 2.23. The zero-order valence-corrected chi connectivity index (χ0v) is 9.42. The number of hydrogen-bond acceptors (Lipinski definition) is 4. The number of carbonyl (C=O) groups is 1. The summed E-state index contributed by atoms with van der Waals surface area (Å²) in [7, 11) is 0. The molecule has 0 spiro atoms. The highest BCUT2D eigenvalue weighted by atomic mass is 35.5.